The number of sulfonamides is 1. The van der Waals surface area contributed by atoms with Crippen LogP contribution in [-0.2, 0) is 14.8 Å². The first kappa shape index (κ1) is 22.2. The van der Waals surface area contributed by atoms with Crippen LogP contribution >= 0.6 is 11.3 Å². The van der Waals surface area contributed by atoms with E-state index >= 15 is 0 Å². The highest BCUT2D eigenvalue weighted by Crippen LogP contribution is 2.26. The quantitative estimate of drug-likeness (QED) is 0.545. The van der Waals surface area contributed by atoms with Gasteiger partial charge in [0.2, 0.25) is 15.9 Å². The maximum Gasteiger partial charge on any atom is 0.242 e. The summed E-state index contributed by atoms with van der Waals surface area (Å²) < 4.78 is 34.7. The van der Waals surface area contributed by atoms with Crippen LogP contribution in [-0.4, -0.2) is 32.5 Å². The molecule has 9 heteroatoms. The number of rotatable bonds is 8. The van der Waals surface area contributed by atoms with Crippen molar-refractivity contribution in [2.75, 3.05) is 12.4 Å². The number of thiazole rings is 1. The van der Waals surface area contributed by atoms with E-state index in [4.69, 9.17) is 4.74 Å². The zero-order valence-electron chi connectivity index (χ0n) is 17.3. The van der Waals surface area contributed by atoms with Crippen molar-refractivity contribution in [3.63, 3.8) is 0 Å². The predicted octanol–water partition coefficient (Wildman–Crippen LogP) is 3.95. The number of aryl methyl sites for hydroxylation is 1. The zero-order valence-corrected chi connectivity index (χ0v) is 18.9. The Bertz CT molecular complexity index is 1160. The van der Waals surface area contributed by atoms with Crippen LogP contribution in [0.1, 0.15) is 25.3 Å². The van der Waals surface area contributed by atoms with Gasteiger partial charge in [-0.2, -0.15) is 4.72 Å². The Hall–Kier alpha value is -2.49. The fourth-order valence-corrected chi connectivity index (χ4v) is 5.27. The number of aromatic nitrogens is 1. The highest BCUT2D eigenvalue weighted by Gasteiger charge is 2.27. The summed E-state index contributed by atoms with van der Waals surface area (Å²) in [7, 11) is -2.39. The van der Waals surface area contributed by atoms with Crippen LogP contribution in [0.5, 0.6) is 5.75 Å². The number of anilines is 1. The summed E-state index contributed by atoms with van der Waals surface area (Å²) >= 11 is 1.43. The molecule has 1 unspecified atom stereocenters. The number of benzene rings is 2. The van der Waals surface area contributed by atoms with Crippen LogP contribution in [0, 0.1) is 12.8 Å². The number of ether oxygens (including phenoxy) is 1. The number of amides is 1. The molecule has 160 valence electrons. The second-order valence-electron chi connectivity index (χ2n) is 7.36. The lowest BCUT2D eigenvalue weighted by Crippen LogP contribution is -2.44. The van der Waals surface area contributed by atoms with Gasteiger partial charge in [-0.05, 0) is 49.6 Å². The number of nitrogens with zero attached hydrogens (tertiary/aromatic N) is 1. The molecule has 0 aliphatic carbocycles. The van der Waals surface area contributed by atoms with E-state index in [-0.39, 0.29) is 10.8 Å². The van der Waals surface area contributed by atoms with Crippen LogP contribution < -0.4 is 14.8 Å². The number of carbonyl (C=O) groups excluding carboxylic acids is 1. The van der Waals surface area contributed by atoms with Crippen LogP contribution in [0.25, 0.3) is 10.2 Å². The van der Waals surface area contributed by atoms with E-state index in [9.17, 15) is 13.2 Å². The number of methoxy groups -OCH3 is 1. The van der Waals surface area contributed by atoms with Crippen molar-refractivity contribution in [3.8, 4) is 5.75 Å². The van der Waals surface area contributed by atoms with Gasteiger partial charge in [-0.15, -0.1) is 11.3 Å². The first-order valence-electron chi connectivity index (χ1n) is 9.53. The minimum Gasteiger partial charge on any atom is -0.495 e. The summed E-state index contributed by atoms with van der Waals surface area (Å²) in [6.45, 7) is 5.74. The first-order valence-corrected chi connectivity index (χ1v) is 11.8. The molecule has 2 N–H and O–H groups in total. The monoisotopic (exact) mass is 447 g/mol. The Kier molecular flexibility index (Phi) is 6.74. The molecule has 3 aromatic rings. The largest absolute Gasteiger partial charge is 0.495 e. The van der Waals surface area contributed by atoms with Gasteiger partial charge < -0.3 is 10.1 Å². The molecular weight excluding hydrogens is 422 g/mol. The maximum atomic E-state index is 13.0. The van der Waals surface area contributed by atoms with Crippen molar-refractivity contribution < 1.29 is 17.9 Å². The Morgan fingerprint density at radius 1 is 1.20 bits per heavy atom. The number of carbonyl (C=O) groups is 1. The lowest BCUT2D eigenvalue weighted by molar-refractivity contribution is -0.118. The summed E-state index contributed by atoms with van der Waals surface area (Å²) in [5.74, 6) is 0.169. The van der Waals surface area contributed by atoms with Crippen molar-refractivity contribution in [1.82, 2.24) is 9.71 Å². The molecule has 0 spiro atoms. The van der Waals surface area contributed by atoms with Crippen molar-refractivity contribution in [1.29, 1.82) is 0 Å². The summed E-state index contributed by atoms with van der Waals surface area (Å²) in [5, 5.41) is 3.64. The van der Waals surface area contributed by atoms with E-state index in [0.29, 0.717) is 17.9 Å². The van der Waals surface area contributed by atoms with Crippen molar-refractivity contribution in [3.05, 3.63) is 47.5 Å². The fraction of sp³-hybridized carbons (Fsp3) is 0.333. The lowest BCUT2D eigenvalue weighted by atomic mass is 10.0. The Labute approximate surface area is 180 Å². The Morgan fingerprint density at radius 3 is 2.63 bits per heavy atom. The molecule has 1 atom stereocenters. The van der Waals surface area contributed by atoms with Crippen molar-refractivity contribution in [2.45, 2.75) is 38.1 Å². The summed E-state index contributed by atoms with van der Waals surface area (Å²) in [6.07, 6.45) is 0.349. The third kappa shape index (κ3) is 5.16. The van der Waals surface area contributed by atoms with Gasteiger partial charge in [0.05, 0.1) is 32.9 Å². The molecular formula is C21H25N3O4S2. The first-order chi connectivity index (χ1) is 14.2. The zero-order chi connectivity index (χ0) is 21.9. The van der Waals surface area contributed by atoms with Crippen LogP contribution in [0.15, 0.2) is 47.4 Å². The molecule has 0 aliphatic heterocycles. The van der Waals surface area contributed by atoms with Gasteiger partial charge in [-0.3, -0.25) is 4.79 Å². The molecule has 7 nitrogen and oxygen atoms in total. The van der Waals surface area contributed by atoms with Gasteiger partial charge in [-0.25, -0.2) is 13.4 Å². The SMILES string of the molecule is COc1ccccc1NC(=O)C(CC(C)C)NS(=O)(=O)c1ccc2nc(C)sc2c1. The van der Waals surface area contributed by atoms with E-state index in [1.165, 1.54) is 24.5 Å². The third-order valence-electron chi connectivity index (χ3n) is 4.46. The Morgan fingerprint density at radius 2 is 1.93 bits per heavy atom. The van der Waals surface area contributed by atoms with Crippen molar-refractivity contribution in [2.24, 2.45) is 5.92 Å². The van der Waals surface area contributed by atoms with Gasteiger partial charge in [-0.1, -0.05) is 26.0 Å². The van der Waals surface area contributed by atoms with Crippen LogP contribution in [0.3, 0.4) is 0 Å². The number of fused-ring (bicyclic) bond motifs is 1. The highest BCUT2D eigenvalue weighted by molar-refractivity contribution is 7.89. The van der Waals surface area contributed by atoms with Gasteiger partial charge in [0.25, 0.3) is 0 Å². The minimum absolute atomic E-state index is 0.104. The second kappa shape index (κ2) is 9.11. The minimum atomic E-state index is -3.90. The number of nitrogens with one attached hydrogen (secondary N) is 2. The highest BCUT2D eigenvalue weighted by atomic mass is 32.2. The molecule has 1 heterocycles. The fourth-order valence-electron chi connectivity index (χ4n) is 3.09. The van der Waals surface area contributed by atoms with Crippen LogP contribution in [0.4, 0.5) is 5.69 Å². The molecule has 0 radical (unpaired) electrons. The van der Waals surface area contributed by atoms with E-state index in [2.05, 4.69) is 15.0 Å². The van der Waals surface area contributed by atoms with Gasteiger partial charge in [0.15, 0.2) is 0 Å². The second-order valence-corrected chi connectivity index (χ2v) is 10.3. The smallest absolute Gasteiger partial charge is 0.242 e. The van der Waals surface area contributed by atoms with E-state index in [0.717, 1.165) is 15.2 Å². The number of hydrogen-bond acceptors (Lipinski definition) is 6. The average molecular weight is 448 g/mol. The molecule has 1 amide bonds. The molecule has 3 rings (SSSR count). The van der Waals surface area contributed by atoms with E-state index < -0.39 is 22.0 Å². The average Bonchev–Trinajstić information content (AvgIpc) is 3.06. The van der Waals surface area contributed by atoms with Gasteiger partial charge in [0.1, 0.15) is 11.8 Å². The van der Waals surface area contributed by atoms with Gasteiger partial charge >= 0.3 is 0 Å². The molecule has 1 aromatic heterocycles. The summed E-state index contributed by atoms with van der Waals surface area (Å²) in [6, 6.07) is 10.8. The number of para-hydroxylation sites is 2. The summed E-state index contributed by atoms with van der Waals surface area (Å²) in [4.78, 5) is 17.4. The van der Waals surface area contributed by atoms with Crippen LogP contribution in [0.2, 0.25) is 0 Å². The maximum absolute atomic E-state index is 13.0. The normalized spacial score (nSPS) is 12.8. The van der Waals surface area contributed by atoms with Crippen molar-refractivity contribution >= 4 is 43.2 Å². The Balaban J connectivity index is 1.86. The molecule has 30 heavy (non-hydrogen) atoms. The van der Waals surface area contributed by atoms with E-state index in [1.807, 2.05) is 20.8 Å². The molecule has 0 saturated carbocycles. The third-order valence-corrected chi connectivity index (χ3v) is 6.87. The van der Waals surface area contributed by atoms with E-state index in [1.54, 1.807) is 36.4 Å². The summed E-state index contributed by atoms with van der Waals surface area (Å²) in [5.41, 5.74) is 1.24. The van der Waals surface area contributed by atoms with Gasteiger partial charge in [0, 0.05) is 0 Å². The molecule has 0 fully saturated rings. The molecule has 0 bridgehead atoms. The molecule has 0 aliphatic rings. The molecule has 2 aromatic carbocycles. The topological polar surface area (TPSA) is 97.4 Å². The lowest BCUT2D eigenvalue weighted by Gasteiger charge is -2.21. The predicted molar refractivity (Wildman–Crippen MR) is 120 cm³/mol. The molecule has 0 saturated heterocycles. The standard InChI is InChI=1S/C21H25N3O4S2/c1-13(2)11-18(21(25)23-16-7-5-6-8-19(16)28-4)24-30(26,27)15-9-10-17-20(12-15)29-14(3)22-17/h5-10,12-13,18,24H,11H2,1-4H3,(H,23,25). The number of hydrogen-bond donors (Lipinski definition) is 2.